The number of aromatic nitrogens is 4. The molecule has 1 N–H and O–H groups in total. The van der Waals surface area contributed by atoms with Crippen molar-refractivity contribution in [2.75, 3.05) is 13.2 Å². The molecule has 0 amide bonds. The van der Waals surface area contributed by atoms with Crippen LogP contribution in [0.5, 0.6) is 11.5 Å². The molecule has 10 nitrogen and oxygen atoms in total. The first-order valence-corrected chi connectivity index (χ1v) is 14.2. The number of carbonyl (C=O) groups is 1. The minimum absolute atomic E-state index is 0.000944. The molecule has 2 fully saturated rings. The Morgan fingerprint density at radius 1 is 1.07 bits per heavy atom. The molecule has 4 aromatic rings. The molecular formula is C30H29ClN4O6. The highest BCUT2D eigenvalue weighted by Crippen LogP contribution is 2.49. The Morgan fingerprint density at radius 2 is 1.95 bits per heavy atom. The lowest BCUT2D eigenvalue weighted by molar-refractivity contribution is -0.0726. The zero-order valence-electron chi connectivity index (χ0n) is 22.5. The van der Waals surface area contributed by atoms with Gasteiger partial charge in [-0.05, 0) is 49.6 Å². The number of hydrogen-bond acceptors (Lipinski definition) is 8. The van der Waals surface area contributed by atoms with Crippen molar-refractivity contribution in [1.29, 1.82) is 0 Å². The van der Waals surface area contributed by atoms with Gasteiger partial charge < -0.3 is 28.6 Å². The van der Waals surface area contributed by atoms with Gasteiger partial charge in [-0.3, -0.25) is 4.98 Å². The molecule has 0 radical (unpaired) electrons. The van der Waals surface area contributed by atoms with Crippen molar-refractivity contribution >= 4 is 28.7 Å². The molecule has 7 rings (SSSR count). The van der Waals surface area contributed by atoms with Gasteiger partial charge in [-0.1, -0.05) is 23.7 Å². The molecule has 212 valence electrons. The molecule has 1 aromatic carbocycles. The lowest BCUT2D eigenvalue weighted by atomic mass is 9.90. The maximum absolute atomic E-state index is 11.5. The van der Waals surface area contributed by atoms with E-state index in [1.807, 2.05) is 29.7 Å². The highest BCUT2D eigenvalue weighted by molar-refractivity contribution is 6.30. The van der Waals surface area contributed by atoms with Crippen LogP contribution in [-0.2, 0) is 28.2 Å². The van der Waals surface area contributed by atoms with Gasteiger partial charge in [0.1, 0.15) is 17.0 Å². The second-order valence-electron chi connectivity index (χ2n) is 10.9. The molecule has 3 unspecified atom stereocenters. The second kappa shape index (κ2) is 10.3. The largest absolute Gasteiger partial charge is 0.477 e. The molecule has 6 heterocycles. The van der Waals surface area contributed by atoms with E-state index in [9.17, 15) is 9.90 Å². The van der Waals surface area contributed by atoms with Crippen molar-refractivity contribution in [2.24, 2.45) is 0 Å². The van der Waals surface area contributed by atoms with Gasteiger partial charge in [0.2, 0.25) is 0 Å². The van der Waals surface area contributed by atoms with Crippen LogP contribution in [-0.4, -0.2) is 56.0 Å². The Hall–Kier alpha value is -3.73. The van der Waals surface area contributed by atoms with Crippen molar-refractivity contribution in [1.82, 2.24) is 19.5 Å². The zero-order valence-corrected chi connectivity index (χ0v) is 23.2. The van der Waals surface area contributed by atoms with E-state index in [2.05, 4.69) is 16.0 Å². The van der Waals surface area contributed by atoms with E-state index in [-0.39, 0.29) is 23.8 Å². The number of halogens is 1. The average molecular weight is 577 g/mol. The number of pyridine rings is 2. The van der Waals surface area contributed by atoms with Crippen LogP contribution in [0.25, 0.3) is 11.2 Å². The van der Waals surface area contributed by atoms with Gasteiger partial charge >= 0.3 is 5.97 Å². The topological polar surface area (TPSA) is 118 Å². The molecular weight excluding hydrogens is 548 g/mol. The van der Waals surface area contributed by atoms with Crippen LogP contribution in [0.1, 0.15) is 59.7 Å². The molecule has 3 aromatic heterocycles. The summed E-state index contributed by atoms with van der Waals surface area (Å²) in [5, 5.41) is 10.0. The molecule has 2 saturated heterocycles. The third-order valence-electron chi connectivity index (χ3n) is 8.09. The van der Waals surface area contributed by atoms with Gasteiger partial charge in [0.15, 0.2) is 22.8 Å². The maximum atomic E-state index is 11.5. The number of fused-ring (bicyclic) bond motifs is 2. The molecule has 0 spiro atoms. The quantitative estimate of drug-likeness (QED) is 0.320. The van der Waals surface area contributed by atoms with E-state index in [1.54, 1.807) is 18.3 Å². The predicted molar refractivity (Wildman–Crippen MR) is 149 cm³/mol. The second-order valence-corrected chi connectivity index (χ2v) is 11.3. The van der Waals surface area contributed by atoms with E-state index >= 15 is 0 Å². The summed E-state index contributed by atoms with van der Waals surface area (Å²) in [7, 11) is 0. The fourth-order valence-electron chi connectivity index (χ4n) is 5.78. The van der Waals surface area contributed by atoms with Crippen molar-refractivity contribution in [2.45, 2.75) is 63.1 Å². The Morgan fingerprint density at radius 3 is 2.66 bits per heavy atom. The number of benzene rings is 1. The van der Waals surface area contributed by atoms with Crippen LogP contribution in [0.15, 0.2) is 48.7 Å². The number of imidazole rings is 1. The lowest BCUT2D eigenvalue weighted by Crippen LogP contribution is -2.33. The monoisotopic (exact) mass is 576 g/mol. The van der Waals surface area contributed by atoms with Crippen molar-refractivity contribution in [3.05, 3.63) is 76.5 Å². The van der Waals surface area contributed by atoms with Crippen molar-refractivity contribution in [3.63, 3.8) is 0 Å². The number of para-hydroxylation sites is 1. The third-order valence-corrected chi connectivity index (χ3v) is 8.32. The van der Waals surface area contributed by atoms with Gasteiger partial charge in [0.25, 0.3) is 5.79 Å². The summed E-state index contributed by atoms with van der Waals surface area (Å²) in [6.07, 6.45) is 4.94. The highest BCUT2D eigenvalue weighted by Gasteiger charge is 2.42. The summed E-state index contributed by atoms with van der Waals surface area (Å²) in [4.78, 5) is 25.2. The molecule has 0 aliphatic carbocycles. The summed E-state index contributed by atoms with van der Waals surface area (Å²) in [5.74, 6) is 0.281. The van der Waals surface area contributed by atoms with Crippen LogP contribution < -0.4 is 9.47 Å². The Balaban J connectivity index is 1.07. The number of aromatic carboxylic acids is 1. The predicted octanol–water partition coefficient (Wildman–Crippen LogP) is 5.12. The summed E-state index contributed by atoms with van der Waals surface area (Å²) in [6, 6.07) is 12.8. The normalized spacial score (nSPS) is 25.3. The number of ether oxygens (including phenoxy) is 4. The van der Waals surface area contributed by atoms with Gasteiger partial charge in [-0.15, -0.1) is 0 Å². The smallest absolute Gasteiger partial charge is 0.354 e. The molecule has 0 bridgehead atoms. The van der Waals surface area contributed by atoms with E-state index < -0.39 is 11.8 Å². The van der Waals surface area contributed by atoms with Crippen molar-refractivity contribution in [3.8, 4) is 11.5 Å². The molecule has 0 saturated carbocycles. The highest BCUT2D eigenvalue weighted by atomic mass is 35.5. The zero-order chi connectivity index (χ0) is 28.1. The summed E-state index contributed by atoms with van der Waals surface area (Å²) in [6.45, 7) is 3.72. The summed E-state index contributed by atoms with van der Waals surface area (Å²) in [5.41, 5.74) is 2.94. The van der Waals surface area contributed by atoms with Crippen LogP contribution in [0.2, 0.25) is 5.02 Å². The SMILES string of the molecule is CC1(c2ccc(Cl)cn2)Oc2cccc(C3CCC(Cc4nc5ccc(C(=O)O)nc5n4C[C@@H]4CCO4)OC3)c2O1. The fraction of sp³-hybridized carbons (Fsp3) is 0.400. The van der Waals surface area contributed by atoms with Crippen LogP contribution in [0, 0.1) is 0 Å². The van der Waals surface area contributed by atoms with Crippen molar-refractivity contribution < 1.29 is 28.8 Å². The molecule has 4 atom stereocenters. The van der Waals surface area contributed by atoms with Crippen LogP contribution >= 0.6 is 11.6 Å². The molecule has 41 heavy (non-hydrogen) atoms. The fourth-order valence-corrected chi connectivity index (χ4v) is 5.89. The van der Waals surface area contributed by atoms with E-state index in [1.165, 1.54) is 6.07 Å². The van der Waals surface area contributed by atoms with Gasteiger partial charge in [-0.2, -0.15) is 0 Å². The van der Waals surface area contributed by atoms with Gasteiger partial charge in [0.05, 0.1) is 30.4 Å². The van der Waals surface area contributed by atoms with E-state index in [4.69, 9.17) is 35.5 Å². The first kappa shape index (κ1) is 26.2. The maximum Gasteiger partial charge on any atom is 0.354 e. The molecule has 3 aliphatic heterocycles. The third kappa shape index (κ3) is 4.90. The molecule has 11 heteroatoms. The Kier molecular flexibility index (Phi) is 6.56. The number of nitrogens with zero attached hydrogens (tertiary/aromatic N) is 4. The number of carboxylic acid groups (broad SMARTS) is 1. The van der Waals surface area contributed by atoms with Crippen LogP contribution in [0.3, 0.4) is 0 Å². The Labute approximate surface area is 241 Å². The Bertz CT molecular complexity index is 1610. The standard InChI is InChI=1S/C30H29ClN4O6/c1-30(25-10-6-18(31)14-32-25)40-24-4-2-3-21(27(24)41-30)17-5-7-19(39-16-17)13-26-33-22-8-9-23(29(36)37)34-28(22)35(26)15-20-11-12-38-20/h2-4,6,8-10,14,17,19-20H,5,7,11-13,15-16H2,1H3,(H,36,37)/t17?,19?,20-,30?/m0/s1. The minimum atomic E-state index is -1.06. The number of hydrogen-bond donors (Lipinski definition) is 1. The van der Waals surface area contributed by atoms with Crippen LogP contribution in [0.4, 0.5) is 0 Å². The number of carboxylic acids is 1. The summed E-state index contributed by atoms with van der Waals surface area (Å²) < 4.78 is 26.7. The first-order chi connectivity index (χ1) is 19.9. The van der Waals surface area contributed by atoms with E-state index in [0.717, 1.165) is 43.0 Å². The lowest BCUT2D eigenvalue weighted by Gasteiger charge is -2.31. The van der Waals surface area contributed by atoms with Gasteiger partial charge in [0, 0.05) is 37.6 Å². The van der Waals surface area contributed by atoms with Gasteiger partial charge in [-0.25, -0.2) is 14.8 Å². The summed E-state index contributed by atoms with van der Waals surface area (Å²) >= 11 is 6.03. The average Bonchev–Trinajstić information content (AvgIpc) is 3.47. The minimum Gasteiger partial charge on any atom is -0.477 e. The number of rotatable bonds is 7. The first-order valence-electron chi connectivity index (χ1n) is 13.8. The van der Waals surface area contributed by atoms with E-state index in [0.29, 0.717) is 47.2 Å². The molecule has 3 aliphatic rings.